The molecule has 0 bridgehead atoms. The van der Waals surface area contributed by atoms with Gasteiger partial charge in [-0.3, -0.25) is 4.79 Å². The molecular weight excluding hydrogens is 368 g/mol. The molecule has 0 atom stereocenters. The van der Waals surface area contributed by atoms with E-state index in [1.807, 2.05) is 13.0 Å². The molecular formula is C22H30N4O3+2. The fourth-order valence-electron chi connectivity index (χ4n) is 3.58. The zero-order valence-electron chi connectivity index (χ0n) is 17.1. The maximum absolute atomic E-state index is 12.3. The summed E-state index contributed by atoms with van der Waals surface area (Å²) in [5.74, 6) is 0.366. The van der Waals surface area contributed by atoms with E-state index in [1.165, 1.54) is 17.6 Å². The molecule has 2 aromatic carbocycles. The number of hydrogen-bond acceptors (Lipinski definition) is 4. The Labute approximate surface area is 171 Å². The van der Waals surface area contributed by atoms with Crippen LogP contribution >= 0.6 is 0 Å². The highest BCUT2D eigenvalue weighted by Gasteiger charge is 2.24. The first kappa shape index (κ1) is 20.8. The fourth-order valence-corrected chi connectivity index (χ4v) is 3.58. The van der Waals surface area contributed by atoms with Gasteiger partial charge in [0.25, 0.3) is 5.91 Å². The van der Waals surface area contributed by atoms with Crippen molar-refractivity contribution in [2.24, 2.45) is 5.10 Å². The Morgan fingerprint density at radius 3 is 2.48 bits per heavy atom. The van der Waals surface area contributed by atoms with E-state index in [-0.39, 0.29) is 11.7 Å². The molecule has 0 radical (unpaired) electrons. The summed E-state index contributed by atoms with van der Waals surface area (Å²) < 4.78 is 5.11. The molecule has 0 saturated carbocycles. The molecule has 154 valence electrons. The van der Waals surface area contributed by atoms with Crippen LogP contribution in [0, 0.1) is 0 Å². The standard InChI is InChI=1S/C22H28N4O3/c1-17(19-8-9-20(27)21(14-19)29-2)23-24-22(28)16-26-12-10-25(11-13-26)15-18-6-4-3-5-7-18/h3-9,14,27H,10-13,15-16H2,1-2H3,(H,24,28)/p+2/b23-17+. The third kappa shape index (κ3) is 6.04. The number of ether oxygens (including phenoxy) is 1. The molecule has 1 saturated heterocycles. The first-order valence-corrected chi connectivity index (χ1v) is 9.96. The van der Waals surface area contributed by atoms with E-state index >= 15 is 0 Å². The maximum Gasteiger partial charge on any atom is 0.295 e. The molecule has 0 spiro atoms. The van der Waals surface area contributed by atoms with Gasteiger partial charge in [-0.05, 0) is 25.1 Å². The van der Waals surface area contributed by atoms with E-state index < -0.39 is 0 Å². The summed E-state index contributed by atoms with van der Waals surface area (Å²) >= 11 is 0. The molecule has 1 fully saturated rings. The van der Waals surface area contributed by atoms with Crippen molar-refractivity contribution in [3.63, 3.8) is 0 Å². The van der Waals surface area contributed by atoms with Gasteiger partial charge in [-0.15, -0.1) is 0 Å². The lowest BCUT2D eigenvalue weighted by Crippen LogP contribution is -3.28. The molecule has 29 heavy (non-hydrogen) atoms. The average Bonchev–Trinajstić information content (AvgIpc) is 2.74. The number of quaternary nitrogens is 2. The van der Waals surface area contributed by atoms with Crippen LogP contribution in [-0.2, 0) is 11.3 Å². The predicted molar refractivity (Wildman–Crippen MR) is 111 cm³/mol. The van der Waals surface area contributed by atoms with Crippen LogP contribution in [0.2, 0.25) is 0 Å². The lowest BCUT2D eigenvalue weighted by atomic mass is 10.1. The van der Waals surface area contributed by atoms with Crippen LogP contribution in [0.1, 0.15) is 18.1 Å². The van der Waals surface area contributed by atoms with E-state index in [0.29, 0.717) is 18.0 Å². The summed E-state index contributed by atoms with van der Waals surface area (Å²) in [6, 6.07) is 15.5. The molecule has 0 unspecified atom stereocenters. The largest absolute Gasteiger partial charge is 0.504 e. The van der Waals surface area contributed by atoms with Crippen molar-refractivity contribution >= 4 is 11.6 Å². The number of nitrogens with zero attached hydrogens (tertiary/aromatic N) is 1. The normalized spacial score (nSPS) is 19.6. The molecule has 4 N–H and O–H groups in total. The third-order valence-corrected chi connectivity index (χ3v) is 5.32. The van der Waals surface area contributed by atoms with Crippen LogP contribution in [0.3, 0.4) is 0 Å². The molecule has 2 aromatic rings. The minimum absolute atomic E-state index is 0.0743. The van der Waals surface area contributed by atoms with Crippen molar-refractivity contribution in [3.05, 3.63) is 59.7 Å². The van der Waals surface area contributed by atoms with Gasteiger partial charge in [-0.25, -0.2) is 5.43 Å². The van der Waals surface area contributed by atoms with Gasteiger partial charge in [-0.1, -0.05) is 30.3 Å². The van der Waals surface area contributed by atoms with E-state index in [4.69, 9.17) is 4.74 Å². The Morgan fingerprint density at radius 2 is 1.79 bits per heavy atom. The monoisotopic (exact) mass is 398 g/mol. The maximum atomic E-state index is 12.3. The number of phenolic OH excluding ortho intramolecular Hbond substituents is 1. The number of benzene rings is 2. The Bertz CT molecular complexity index is 846. The SMILES string of the molecule is COc1cc(/C(C)=N/NC(=O)C[NH+]2CC[NH+](Cc3ccccc3)CC2)ccc1O. The van der Waals surface area contributed by atoms with Crippen molar-refractivity contribution < 1.29 is 24.4 Å². The Balaban J connectivity index is 1.44. The molecule has 1 aliphatic rings. The number of hydrogen-bond donors (Lipinski definition) is 4. The van der Waals surface area contributed by atoms with Crippen molar-refractivity contribution in [1.82, 2.24) is 5.43 Å². The number of nitrogens with one attached hydrogen (secondary N) is 3. The number of hydrazone groups is 1. The number of piperazine rings is 1. The zero-order valence-corrected chi connectivity index (χ0v) is 17.1. The molecule has 0 aromatic heterocycles. The lowest BCUT2D eigenvalue weighted by molar-refractivity contribution is -1.02. The van der Waals surface area contributed by atoms with Gasteiger partial charge in [0, 0.05) is 11.1 Å². The van der Waals surface area contributed by atoms with Crippen LogP contribution in [0.5, 0.6) is 11.5 Å². The number of phenols is 1. The van der Waals surface area contributed by atoms with Crippen LogP contribution in [0.4, 0.5) is 0 Å². The first-order valence-electron chi connectivity index (χ1n) is 9.96. The fraction of sp³-hybridized carbons (Fsp3) is 0.364. The molecule has 1 heterocycles. The highest BCUT2D eigenvalue weighted by Crippen LogP contribution is 2.26. The van der Waals surface area contributed by atoms with E-state index in [9.17, 15) is 9.90 Å². The Morgan fingerprint density at radius 1 is 1.10 bits per heavy atom. The van der Waals surface area contributed by atoms with Gasteiger partial charge >= 0.3 is 0 Å². The van der Waals surface area contributed by atoms with Crippen LogP contribution < -0.4 is 20.0 Å². The van der Waals surface area contributed by atoms with Crippen LogP contribution in [0.25, 0.3) is 0 Å². The minimum atomic E-state index is -0.0865. The molecule has 7 heteroatoms. The van der Waals surface area contributed by atoms with Crippen molar-refractivity contribution in [2.45, 2.75) is 13.5 Å². The van der Waals surface area contributed by atoms with Gasteiger partial charge in [0.2, 0.25) is 0 Å². The second-order valence-corrected chi connectivity index (χ2v) is 7.46. The van der Waals surface area contributed by atoms with Gasteiger partial charge in [0.05, 0.1) is 12.8 Å². The quantitative estimate of drug-likeness (QED) is 0.365. The topological polar surface area (TPSA) is 79.8 Å². The van der Waals surface area contributed by atoms with Crippen molar-refractivity contribution in [1.29, 1.82) is 0 Å². The third-order valence-electron chi connectivity index (χ3n) is 5.32. The van der Waals surface area contributed by atoms with E-state index in [1.54, 1.807) is 23.1 Å². The highest BCUT2D eigenvalue weighted by molar-refractivity contribution is 5.99. The number of carbonyl (C=O) groups excluding carboxylic acids is 1. The lowest BCUT2D eigenvalue weighted by Gasteiger charge is -2.29. The van der Waals surface area contributed by atoms with Crippen LogP contribution in [-0.4, -0.2) is 56.6 Å². The summed E-state index contributed by atoms with van der Waals surface area (Å²) in [4.78, 5) is 15.1. The van der Waals surface area contributed by atoms with Gasteiger partial charge in [-0.2, -0.15) is 5.10 Å². The molecule has 3 rings (SSSR count). The summed E-state index contributed by atoms with van der Waals surface area (Å²) in [7, 11) is 1.50. The number of methoxy groups -OCH3 is 1. The molecule has 1 amide bonds. The Kier molecular flexibility index (Phi) is 7.21. The predicted octanol–water partition coefficient (Wildman–Crippen LogP) is -0.775. The number of rotatable bonds is 7. The first-order chi connectivity index (χ1) is 14.0. The smallest absolute Gasteiger partial charge is 0.295 e. The summed E-state index contributed by atoms with van der Waals surface area (Å²) in [5, 5.41) is 13.9. The highest BCUT2D eigenvalue weighted by atomic mass is 16.5. The van der Waals surface area contributed by atoms with Crippen molar-refractivity contribution in [3.8, 4) is 11.5 Å². The Hall–Kier alpha value is -2.90. The zero-order chi connectivity index (χ0) is 20.6. The van der Waals surface area contributed by atoms with Crippen LogP contribution in [0.15, 0.2) is 53.6 Å². The summed E-state index contributed by atoms with van der Waals surface area (Å²) in [6.07, 6.45) is 0. The van der Waals surface area contributed by atoms with E-state index in [0.717, 1.165) is 38.3 Å². The molecule has 1 aliphatic heterocycles. The number of aromatic hydroxyl groups is 1. The van der Waals surface area contributed by atoms with Gasteiger partial charge in [0.1, 0.15) is 32.7 Å². The summed E-state index contributed by atoms with van der Waals surface area (Å²) in [6.45, 7) is 7.36. The molecule has 7 nitrogen and oxygen atoms in total. The average molecular weight is 399 g/mol. The number of carbonyl (C=O) groups is 1. The van der Waals surface area contributed by atoms with E-state index in [2.05, 4.69) is 34.8 Å². The second-order valence-electron chi connectivity index (χ2n) is 7.46. The molecule has 0 aliphatic carbocycles. The second kappa shape index (κ2) is 10.0. The van der Waals surface area contributed by atoms with Gasteiger partial charge < -0.3 is 19.6 Å². The minimum Gasteiger partial charge on any atom is -0.504 e. The summed E-state index contributed by atoms with van der Waals surface area (Å²) in [5.41, 5.74) is 5.45. The van der Waals surface area contributed by atoms with Gasteiger partial charge in [0.15, 0.2) is 18.0 Å². The number of amides is 1. The van der Waals surface area contributed by atoms with Crippen molar-refractivity contribution in [2.75, 3.05) is 39.8 Å².